The number of thiazole rings is 1. The van der Waals surface area contributed by atoms with Crippen LogP contribution in [-0.4, -0.2) is 16.6 Å². The van der Waals surface area contributed by atoms with Gasteiger partial charge >= 0.3 is 0 Å². The van der Waals surface area contributed by atoms with E-state index in [0.29, 0.717) is 6.54 Å². The second-order valence-corrected chi connectivity index (χ2v) is 5.36. The molecule has 1 N–H and O–H groups in total. The van der Waals surface area contributed by atoms with Crippen molar-refractivity contribution in [3.63, 3.8) is 0 Å². The predicted molar refractivity (Wildman–Crippen MR) is 76.6 cm³/mol. The molecule has 0 saturated heterocycles. The Labute approximate surface area is 116 Å². The Bertz CT molecular complexity index is 568. The van der Waals surface area contributed by atoms with Crippen molar-refractivity contribution in [1.29, 1.82) is 0 Å². The van der Waals surface area contributed by atoms with Gasteiger partial charge in [0, 0.05) is 12.2 Å². The molecule has 0 amide bonds. The Hall–Kier alpha value is -1.46. The van der Waals surface area contributed by atoms with Crippen LogP contribution in [0, 0.1) is 12.7 Å². The Morgan fingerprint density at radius 2 is 2.21 bits per heavy atom. The van der Waals surface area contributed by atoms with Gasteiger partial charge in [0.05, 0.1) is 16.7 Å². The Morgan fingerprint density at radius 1 is 1.47 bits per heavy atom. The third-order valence-electron chi connectivity index (χ3n) is 2.87. The van der Waals surface area contributed by atoms with Crippen LogP contribution in [0.5, 0.6) is 0 Å². The maximum atomic E-state index is 13.3. The summed E-state index contributed by atoms with van der Waals surface area (Å²) in [4.78, 5) is 7.26. The molecule has 5 heteroatoms. The van der Waals surface area contributed by atoms with Crippen molar-refractivity contribution in [2.45, 2.75) is 26.9 Å². The molecule has 2 aromatic rings. The minimum atomic E-state index is -0.530. The molecule has 0 spiro atoms. The topological polar surface area (TPSA) is 36.4 Å². The van der Waals surface area contributed by atoms with Gasteiger partial charge in [0.1, 0.15) is 5.82 Å². The van der Waals surface area contributed by atoms with Crippen LogP contribution in [0.2, 0.25) is 0 Å². The summed E-state index contributed by atoms with van der Waals surface area (Å²) >= 11 is 1.44. The maximum Gasteiger partial charge on any atom is 0.190 e. The zero-order chi connectivity index (χ0) is 14.0. The quantitative estimate of drug-likeness (QED) is 0.925. The first-order valence-electron chi connectivity index (χ1n) is 6.21. The number of hydrogen-bond acceptors (Lipinski definition) is 4. The van der Waals surface area contributed by atoms with E-state index in [1.807, 2.05) is 24.8 Å². The van der Waals surface area contributed by atoms with Crippen LogP contribution >= 0.6 is 11.3 Å². The second kappa shape index (κ2) is 5.67. The zero-order valence-electron chi connectivity index (χ0n) is 11.2. The third-order valence-corrected chi connectivity index (χ3v) is 4.22. The number of benzene rings is 1. The highest BCUT2D eigenvalue weighted by atomic mass is 32.1. The van der Waals surface area contributed by atoms with E-state index < -0.39 is 6.10 Å². The van der Waals surface area contributed by atoms with Crippen molar-refractivity contribution in [2.24, 2.45) is 0 Å². The number of anilines is 2. The summed E-state index contributed by atoms with van der Waals surface area (Å²) in [5.74, 6) is -0.264. The number of aromatic nitrogens is 1. The molecule has 2 rings (SSSR count). The number of aliphatic hydroxyl groups is 1. The van der Waals surface area contributed by atoms with Crippen molar-refractivity contribution in [3.8, 4) is 0 Å². The maximum absolute atomic E-state index is 13.3. The fourth-order valence-corrected chi connectivity index (χ4v) is 3.06. The van der Waals surface area contributed by atoms with Gasteiger partial charge in [0.2, 0.25) is 0 Å². The molecule has 1 atom stereocenters. The van der Waals surface area contributed by atoms with Crippen LogP contribution in [0.15, 0.2) is 24.3 Å². The summed E-state index contributed by atoms with van der Waals surface area (Å²) in [6.45, 7) is 6.28. The molecule has 1 unspecified atom stereocenters. The number of aliphatic hydroxyl groups excluding tert-OH is 1. The molecule has 0 bridgehead atoms. The van der Waals surface area contributed by atoms with Gasteiger partial charge in [0.25, 0.3) is 0 Å². The molecule has 0 aliphatic rings. The first-order chi connectivity index (χ1) is 9.02. The summed E-state index contributed by atoms with van der Waals surface area (Å²) in [6.07, 6.45) is -0.530. The molecular formula is C14H17FN2OS. The monoisotopic (exact) mass is 280 g/mol. The molecule has 1 aromatic carbocycles. The highest BCUT2D eigenvalue weighted by molar-refractivity contribution is 7.15. The van der Waals surface area contributed by atoms with Crippen LogP contribution < -0.4 is 4.90 Å². The summed E-state index contributed by atoms with van der Waals surface area (Å²) < 4.78 is 13.3. The van der Waals surface area contributed by atoms with Gasteiger partial charge in [-0.1, -0.05) is 17.4 Å². The van der Waals surface area contributed by atoms with Crippen molar-refractivity contribution >= 4 is 22.2 Å². The van der Waals surface area contributed by atoms with Crippen molar-refractivity contribution < 1.29 is 9.50 Å². The van der Waals surface area contributed by atoms with E-state index >= 15 is 0 Å². The van der Waals surface area contributed by atoms with E-state index in [-0.39, 0.29) is 5.82 Å². The molecule has 102 valence electrons. The lowest BCUT2D eigenvalue weighted by atomic mass is 10.3. The van der Waals surface area contributed by atoms with E-state index in [1.165, 1.54) is 23.5 Å². The average Bonchev–Trinajstić information content (AvgIpc) is 2.72. The second-order valence-electron chi connectivity index (χ2n) is 4.35. The molecule has 1 aromatic heterocycles. The van der Waals surface area contributed by atoms with E-state index in [1.54, 1.807) is 13.0 Å². The molecule has 3 nitrogen and oxygen atoms in total. The molecule has 0 fully saturated rings. The number of aryl methyl sites for hydroxylation is 1. The fraction of sp³-hybridized carbons (Fsp3) is 0.357. The lowest BCUT2D eigenvalue weighted by molar-refractivity contribution is 0.202. The third kappa shape index (κ3) is 2.93. The SMILES string of the molecule is CCN(c1cccc(F)c1)c1nc(C)c(C(C)O)s1. The summed E-state index contributed by atoms with van der Waals surface area (Å²) in [7, 11) is 0. The van der Waals surface area contributed by atoms with Gasteiger partial charge in [-0.05, 0) is 39.0 Å². The molecule has 0 aliphatic heterocycles. The van der Waals surface area contributed by atoms with E-state index in [9.17, 15) is 9.50 Å². The minimum absolute atomic E-state index is 0.264. The van der Waals surface area contributed by atoms with Gasteiger partial charge in [-0.25, -0.2) is 9.37 Å². The summed E-state index contributed by atoms with van der Waals surface area (Å²) in [5, 5.41) is 10.5. The summed E-state index contributed by atoms with van der Waals surface area (Å²) in [6, 6.07) is 6.45. The number of halogens is 1. The molecule has 19 heavy (non-hydrogen) atoms. The normalized spacial score (nSPS) is 12.5. The summed E-state index contributed by atoms with van der Waals surface area (Å²) in [5.41, 5.74) is 1.60. The highest BCUT2D eigenvalue weighted by Crippen LogP contribution is 2.34. The van der Waals surface area contributed by atoms with Crippen molar-refractivity contribution in [2.75, 3.05) is 11.4 Å². The van der Waals surface area contributed by atoms with Gasteiger partial charge in [-0.15, -0.1) is 0 Å². The lowest BCUT2D eigenvalue weighted by Crippen LogP contribution is -2.15. The minimum Gasteiger partial charge on any atom is -0.388 e. The van der Waals surface area contributed by atoms with Crippen LogP contribution in [0.4, 0.5) is 15.2 Å². The molecule has 0 aliphatic carbocycles. The number of hydrogen-bond donors (Lipinski definition) is 1. The van der Waals surface area contributed by atoms with E-state index in [0.717, 1.165) is 21.4 Å². The van der Waals surface area contributed by atoms with Gasteiger partial charge in [-0.3, -0.25) is 0 Å². The van der Waals surface area contributed by atoms with Gasteiger partial charge < -0.3 is 10.0 Å². The van der Waals surface area contributed by atoms with Gasteiger partial charge in [0.15, 0.2) is 5.13 Å². The molecule has 0 radical (unpaired) electrons. The highest BCUT2D eigenvalue weighted by Gasteiger charge is 2.17. The fourth-order valence-electron chi connectivity index (χ4n) is 1.97. The average molecular weight is 280 g/mol. The van der Waals surface area contributed by atoms with Crippen LogP contribution in [0.25, 0.3) is 0 Å². The molecule has 0 saturated carbocycles. The van der Waals surface area contributed by atoms with Crippen LogP contribution in [-0.2, 0) is 0 Å². The van der Waals surface area contributed by atoms with Crippen LogP contribution in [0.3, 0.4) is 0 Å². The molecular weight excluding hydrogens is 263 g/mol. The lowest BCUT2D eigenvalue weighted by Gasteiger charge is -2.19. The number of nitrogens with zero attached hydrogens (tertiary/aromatic N) is 2. The standard InChI is InChI=1S/C14H17FN2OS/c1-4-17(12-7-5-6-11(15)8-12)14-16-9(2)13(19-14)10(3)18/h5-8,10,18H,4H2,1-3H3. The smallest absolute Gasteiger partial charge is 0.190 e. The Morgan fingerprint density at radius 3 is 2.74 bits per heavy atom. The van der Waals surface area contributed by atoms with Crippen LogP contribution in [0.1, 0.15) is 30.5 Å². The first-order valence-corrected chi connectivity index (χ1v) is 7.03. The predicted octanol–water partition coefficient (Wildman–Crippen LogP) is 3.80. The first kappa shape index (κ1) is 14.0. The van der Waals surface area contributed by atoms with E-state index in [2.05, 4.69) is 4.98 Å². The Kier molecular flexibility index (Phi) is 4.17. The molecule has 1 heterocycles. The Balaban J connectivity index is 2.40. The van der Waals surface area contributed by atoms with Crippen molar-refractivity contribution in [3.05, 3.63) is 40.7 Å². The zero-order valence-corrected chi connectivity index (χ0v) is 12.0. The largest absolute Gasteiger partial charge is 0.388 e. The van der Waals surface area contributed by atoms with E-state index in [4.69, 9.17) is 0 Å². The van der Waals surface area contributed by atoms with Gasteiger partial charge in [-0.2, -0.15) is 0 Å². The number of rotatable bonds is 4. The van der Waals surface area contributed by atoms with Crippen molar-refractivity contribution in [1.82, 2.24) is 4.98 Å².